The van der Waals surface area contributed by atoms with Crippen LogP contribution in [0.5, 0.6) is 0 Å². The third-order valence-corrected chi connectivity index (χ3v) is 8.52. The number of hydrogen-bond donors (Lipinski definition) is 2. The number of imide groups is 1. The number of nitrogens with one attached hydrogen (secondary N) is 2. The molecule has 2 spiro atoms. The van der Waals surface area contributed by atoms with Crippen molar-refractivity contribution in [3.63, 3.8) is 0 Å². The van der Waals surface area contributed by atoms with Crippen molar-refractivity contribution in [1.29, 1.82) is 0 Å². The van der Waals surface area contributed by atoms with Gasteiger partial charge in [-0.15, -0.1) is 23.5 Å². The van der Waals surface area contributed by atoms with E-state index in [4.69, 9.17) is 4.74 Å². The second kappa shape index (κ2) is 4.32. The number of carbonyl (C=O) groups excluding carboxylic acids is 3. The molecule has 8 heteroatoms. The van der Waals surface area contributed by atoms with E-state index in [0.717, 1.165) is 11.5 Å². The molecule has 4 rings (SSSR count). The molecule has 2 N–H and O–H groups in total. The molecule has 0 aromatic carbocycles. The topological polar surface area (TPSA) is 84.5 Å². The van der Waals surface area contributed by atoms with E-state index < -0.39 is 11.6 Å². The van der Waals surface area contributed by atoms with Crippen LogP contribution in [0.25, 0.3) is 0 Å². The summed E-state index contributed by atoms with van der Waals surface area (Å²) in [5.74, 6) is 1.27. The average Bonchev–Trinajstić information content (AvgIpc) is 2.81. The predicted octanol–water partition coefficient (Wildman–Crippen LogP) is 0.570. The van der Waals surface area contributed by atoms with Crippen molar-refractivity contribution < 1.29 is 19.1 Å². The van der Waals surface area contributed by atoms with Gasteiger partial charge in [-0.3, -0.25) is 14.9 Å². The van der Waals surface area contributed by atoms with Gasteiger partial charge >= 0.3 is 12.0 Å². The number of thioether (sulfide) groups is 2. The molecule has 4 atom stereocenters. The van der Waals surface area contributed by atoms with Gasteiger partial charge in [0, 0.05) is 29.8 Å². The maximum atomic E-state index is 12.3. The fraction of sp³-hybridized carbons (Fsp3) is 0.769. The lowest BCUT2D eigenvalue weighted by Gasteiger charge is -2.31. The minimum Gasteiger partial charge on any atom is -0.466 e. The molecule has 114 valence electrons. The molecule has 3 amide bonds. The molecule has 0 radical (unpaired) electrons. The third-order valence-electron chi connectivity index (χ3n) is 4.93. The molecular weight excluding hydrogens is 312 g/mol. The van der Waals surface area contributed by atoms with E-state index in [-0.39, 0.29) is 33.7 Å². The Bertz CT molecular complexity index is 548. The molecule has 2 aliphatic carbocycles. The van der Waals surface area contributed by atoms with Gasteiger partial charge in [0.25, 0.3) is 5.91 Å². The first-order valence-corrected chi connectivity index (χ1v) is 9.09. The molecule has 2 heterocycles. The smallest absolute Gasteiger partial charge is 0.322 e. The van der Waals surface area contributed by atoms with Gasteiger partial charge in [-0.05, 0) is 6.92 Å². The van der Waals surface area contributed by atoms with E-state index in [9.17, 15) is 14.4 Å². The van der Waals surface area contributed by atoms with Crippen LogP contribution in [0, 0.1) is 17.8 Å². The van der Waals surface area contributed by atoms with E-state index >= 15 is 0 Å². The minimum absolute atomic E-state index is 0.123. The molecule has 21 heavy (non-hydrogen) atoms. The van der Waals surface area contributed by atoms with Crippen molar-refractivity contribution in [3.05, 3.63) is 0 Å². The Kier molecular flexibility index (Phi) is 2.83. The first-order valence-electron chi connectivity index (χ1n) is 7.12. The fourth-order valence-corrected chi connectivity index (χ4v) is 8.08. The Hall–Kier alpha value is -0.890. The molecule has 4 unspecified atom stereocenters. The van der Waals surface area contributed by atoms with E-state index in [2.05, 4.69) is 10.6 Å². The van der Waals surface area contributed by atoms with Crippen molar-refractivity contribution in [3.8, 4) is 0 Å². The number of hydrogen-bond acceptors (Lipinski definition) is 6. The molecule has 2 saturated carbocycles. The van der Waals surface area contributed by atoms with E-state index in [1.807, 2.05) is 23.5 Å². The van der Waals surface area contributed by atoms with E-state index in [1.165, 1.54) is 0 Å². The van der Waals surface area contributed by atoms with Crippen LogP contribution in [-0.4, -0.2) is 45.6 Å². The molecule has 4 aliphatic rings. The van der Waals surface area contributed by atoms with Crippen LogP contribution in [0.1, 0.15) is 13.3 Å². The summed E-state index contributed by atoms with van der Waals surface area (Å²) >= 11 is 3.66. The minimum atomic E-state index is -0.913. The first kappa shape index (κ1) is 13.8. The Balaban J connectivity index is 1.70. The number of carbonyl (C=O) groups is 3. The quantitative estimate of drug-likeness (QED) is 0.569. The SMILES string of the molecule is CCOC(=O)C1C2C1C1(CC23SCCS3)NC(=O)NC1=O. The summed E-state index contributed by atoms with van der Waals surface area (Å²) in [6.45, 7) is 2.12. The predicted molar refractivity (Wildman–Crippen MR) is 78.8 cm³/mol. The maximum Gasteiger partial charge on any atom is 0.322 e. The van der Waals surface area contributed by atoms with Crippen molar-refractivity contribution in [2.24, 2.45) is 17.8 Å². The number of rotatable bonds is 2. The number of amides is 3. The lowest BCUT2D eigenvalue weighted by atomic mass is 9.90. The molecule has 0 bridgehead atoms. The lowest BCUT2D eigenvalue weighted by molar-refractivity contribution is -0.146. The van der Waals surface area contributed by atoms with Crippen LogP contribution < -0.4 is 10.6 Å². The van der Waals surface area contributed by atoms with Gasteiger partial charge in [0.1, 0.15) is 5.54 Å². The normalized spacial score (nSPS) is 42.0. The summed E-state index contributed by atoms with van der Waals surface area (Å²) in [5.41, 5.74) is -0.913. The highest BCUT2D eigenvalue weighted by molar-refractivity contribution is 8.21. The highest BCUT2D eigenvalue weighted by Gasteiger charge is 2.82. The zero-order valence-corrected chi connectivity index (χ0v) is 13.1. The monoisotopic (exact) mass is 328 g/mol. The van der Waals surface area contributed by atoms with Crippen LogP contribution in [0.3, 0.4) is 0 Å². The zero-order valence-electron chi connectivity index (χ0n) is 11.5. The Labute approximate surface area is 130 Å². The molecule has 0 aromatic heterocycles. The summed E-state index contributed by atoms with van der Waals surface area (Å²) in [5, 5.41) is 5.16. The fourth-order valence-electron chi connectivity index (χ4n) is 4.26. The highest BCUT2D eigenvalue weighted by Crippen LogP contribution is 2.75. The van der Waals surface area contributed by atoms with Gasteiger partial charge in [-0.2, -0.15) is 0 Å². The maximum absolute atomic E-state index is 12.3. The first-order chi connectivity index (χ1) is 10.0. The van der Waals surface area contributed by atoms with Crippen LogP contribution in [0.2, 0.25) is 0 Å². The Morgan fingerprint density at radius 1 is 1.33 bits per heavy atom. The molecular formula is C13H16N2O4S2. The number of ether oxygens (including phenoxy) is 1. The Morgan fingerprint density at radius 2 is 2.05 bits per heavy atom. The van der Waals surface area contributed by atoms with Crippen LogP contribution in [-0.2, 0) is 14.3 Å². The lowest BCUT2D eigenvalue weighted by Crippen LogP contribution is -2.50. The molecule has 2 aliphatic heterocycles. The molecule has 0 aromatic rings. The van der Waals surface area contributed by atoms with Gasteiger partial charge in [0.2, 0.25) is 0 Å². The van der Waals surface area contributed by atoms with Gasteiger partial charge in [0.15, 0.2) is 0 Å². The Morgan fingerprint density at radius 3 is 2.62 bits per heavy atom. The number of urea groups is 1. The molecule has 2 saturated heterocycles. The molecule has 6 nitrogen and oxygen atoms in total. The van der Waals surface area contributed by atoms with Crippen molar-refractivity contribution in [2.75, 3.05) is 18.1 Å². The second-order valence-corrected chi connectivity index (χ2v) is 9.00. The third kappa shape index (κ3) is 1.66. The van der Waals surface area contributed by atoms with E-state index in [0.29, 0.717) is 13.0 Å². The summed E-state index contributed by atoms with van der Waals surface area (Å²) in [6, 6.07) is -0.446. The molecule has 4 fully saturated rings. The van der Waals surface area contributed by atoms with Crippen LogP contribution >= 0.6 is 23.5 Å². The number of fused-ring (bicyclic) bond motifs is 3. The van der Waals surface area contributed by atoms with Crippen molar-refractivity contribution in [2.45, 2.75) is 23.0 Å². The largest absolute Gasteiger partial charge is 0.466 e. The van der Waals surface area contributed by atoms with Crippen LogP contribution in [0.4, 0.5) is 4.79 Å². The average molecular weight is 328 g/mol. The van der Waals surface area contributed by atoms with Crippen molar-refractivity contribution in [1.82, 2.24) is 10.6 Å². The van der Waals surface area contributed by atoms with E-state index in [1.54, 1.807) is 6.92 Å². The van der Waals surface area contributed by atoms with Crippen LogP contribution in [0.15, 0.2) is 0 Å². The van der Waals surface area contributed by atoms with Gasteiger partial charge in [-0.1, -0.05) is 0 Å². The summed E-state index contributed by atoms with van der Waals surface area (Å²) in [7, 11) is 0. The van der Waals surface area contributed by atoms with Gasteiger partial charge in [-0.25, -0.2) is 4.79 Å². The second-order valence-electron chi connectivity index (χ2n) is 5.89. The summed E-state index contributed by atoms with van der Waals surface area (Å²) in [6.07, 6.45) is 0.609. The highest BCUT2D eigenvalue weighted by atomic mass is 32.2. The standard InChI is InChI=1S/C13H16N2O4S2/c1-2-19-9(16)6-7-8(6)13(20-3-4-21-13)5-12(7)10(17)14-11(18)15-12/h6-8H,2-5H2,1H3,(H2,14,15,17,18). The van der Waals surface area contributed by atoms with Gasteiger partial charge in [0.05, 0.1) is 16.6 Å². The van der Waals surface area contributed by atoms with Crippen molar-refractivity contribution >= 4 is 41.4 Å². The summed E-state index contributed by atoms with van der Waals surface area (Å²) in [4.78, 5) is 36.2. The van der Waals surface area contributed by atoms with Gasteiger partial charge < -0.3 is 10.1 Å². The number of esters is 1. The summed E-state index contributed by atoms with van der Waals surface area (Å²) < 4.78 is 5.04. The zero-order chi connectivity index (χ0) is 14.8.